The van der Waals surface area contributed by atoms with Gasteiger partial charge < -0.3 is 34.5 Å². The van der Waals surface area contributed by atoms with Gasteiger partial charge in [0, 0.05) is 62.5 Å². The molecule has 0 bridgehead atoms. The number of nitrogens with one attached hydrogen (secondary N) is 2. The number of carbonyl (C=O) groups is 3. The average Bonchev–Trinajstić information content (AvgIpc) is 3.12. The average molecular weight is 702 g/mol. The fraction of sp³-hybridized carbons (Fsp3) is 0.368. The van der Waals surface area contributed by atoms with Crippen LogP contribution in [0.15, 0.2) is 82.0 Å². The molecule has 1 aliphatic rings. The van der Waals surface area contributed by atoms with E-state index in [-0.39, 0.29) is 35.0 Å². The van der Waals surface area contributed by atoms with Gasteiger partial charge in [-0.25, -0.2) is 0 Å². The second-order valence-electron chi connectivity index (χ2n) is 12.6. The van der Waals surface area contributed by atoms with Crippen molar-refractivity contribution < 1.29 is 23.5 Å². The number of ether oxygens (including phenoxy) is 1. The van der Waals surface area contributed by atoms with Crippen LogP contribution >= 0.6 is 11.6 Å². The van der Waals surface area contributed by atoms with Gasteiger partial charge in [-0.05, 0) is 68.5 Å². The number of piperazine rings is 1. The van der Waals surface area contributed by atoms with Crippen LogP contribution in [0.3, 0.4) is 0 Å². The summed E-state index contributed by atoms with van der Waals surface area (Å²) in [5, 5.41) is 6.67. The predicted molar refractivity (Wildman–Crippen MR) is 195 cm³/mol. The molecule has 0 radical (unpaired) electrons. The van der Waals surface area contributed by atoms with Crippen LogP contribution in [0.1, 0.15) is 46.2 Å². The second-order valence-corrected chi connectivity index (χ2v) is 13.0. The SMILES string of the molecule is CCCCOc1ccc2oc(C(=O)N[C@H](Cc3ccc(Cl)cc3)C(=O)N3CCN(c4ccccc4C(=O)NCCN(C)C)CC3)cc(=O)c2c1. The van der Waals surface area contributed by atoms with Crippen molar-refractivity contribution in [3.05, 3.63) is 105 Å². The molecule has 0 aliphatic carbocycles. The molecular formula is C38H44ClN5O6. The Morgan fingerprint density at radius 1 is 0.960 bits per heavy atom. The Kier molecular flexibility index (Phi) is 12.5. The monoisotopic (exact) mass is 701 g/mol. The Morgan fingerprint density at radius 2 is 1.70 bits per heavy atom. The van der Waals surface area contributed by atoms with Crippen molar-refractivity contribution in [2.45, 2.75) is 32.2 Å². The summed E-state index contributed by atoms with van der Waals surface area (Å²) in [5.41, 5.74) is 2.04. The zero-order valence-corrected chi connectivity index (χ0v) is 29.5. The molecule has 5 rings (SSSR count). The molecule has 264 valence electrons. The molecule has 50 heavy (non-hydrogen) atoms. The van der Waals surface area contributed by atoms with Gasteiger partial charge in [0.15, 0.2) is 11.2 Å². The summed E-state index contributed by atoms with van der Waals surface area (Å²) in [5.74, 6) is -0.725. The molecule has 1 aliphatic heterocycles. The standard InChI is InChI=1S/C38H44ClN5O6/c1-4-5-22-49-28-14-15-34-30(24-28)33(45)25-35(50-34)37(47)41-31(23-26-10-12-27(39)13-11-26)38(48)44-20-18-43(19-21-44)32-9-7-6-8-29(32)36(46)40-16-17-42(2)3/h6-15,24-25,31H,4-5,16-23H2,1-3H3,(H,40,46)(H,41,47)/t31-/m1/s1. The number of fused-ring (bicyclic) bond motifs is 1. The third-order valence-corrected chi connectivity index (χ3v) is 8.82. The molecule has 1 saturated heterocycles. The number of rotatable bonds is 14. The van der Waals surface area contributed by atoms with Crippen LogP contribution in [0.2, 0.25) is 5.02 Å². The third-order valence-electron chi connectivity index (χ3n) is 8.57. The number of unbranched alkanes of at least 4 members (excludes halogenated alkanes) is 1. The van der Waals surface area contributed by atoms with Crippen LogP contribution in [0.5, 0.6) is 5.75 Å². The van der Waals surface area contributed by atoms with E-state index in [4.69, 9.17) is 20.8 Å². The number of amides is 3. The molecule has 2 N–H and O–H groups in total. The van der Waals surface area contributed by atoms with E-state index in [1.165, 1.54) is 0 Å². The third kappa shape index (κ3) is 9.42. The smallest absolute Gasteiger partial charge is 0.287 e. The zero-order valence-electron chi connectivity index (χ0n) is 28.7. The first-order valence-electron chi connectivity index (χ1n) is 16.9. The predicted octanol–water partition coefficient (Wildman–Crippen LogP) is 4.61. The molecule has 0 spiro atoms. The molecule has 3 amide bonds. The van der Waals surface area contributed by atoms with Gasteiger partial charge in [0.1, 0.15) is 17.4 Å². The Labute approximate surface area is 297 Å². The van der Waals surface area contributed by atoms with Crippen molar-refractivity contribution in [3.63, 3.8) is 0 Å². The Hall–Kier alpha value is -4.87. The van der Waals surface area contributed by atoms with Crippen LogP contribution in [-0.4, -0.2) is 93.5 Å². The lowest BCUT2D eigenvalue weighted by Crippen LogP contribution is -2.55. The number of halogens is 1. The van der Waals surface area contributed by atoms with E-state index in [2.05, 4.69) is 22.5 Å². The minimum absolute atomic E-state index is 0.146. The van der Waals surface area contributed by atoms with E-state index in [0.717, 1.165) is 36.7 Å². The van der Waals surface area contributed by atoms with Crippen molar-refractivity contribution in [1.29, 1.82) is 0 Å². The van der Waals surface area contributed by atoms with Crippen LogP contribution in [0.25, 0.3) is 11.0 Å². The Morgan fingerprint density at radius 3 is 2.42 bits per heavy atom. The number of likely N-dealkylation sites (N-methyl/N-ethyl adjacent to an activating group) is 1. The molecule has 1 fully saturated rings. The first kappa shape index (κ1) is 36.4. The normalized spacial score (nSPS) is 13.7. The number of nitrogens with zero attached hydrogens (tertiary/aromatic N) is 3. The summed E-state index contributed by atoms with van der Waals surface area (Å²) >= 11 is 6.11. The molecule has 2 heterocycles. The van der Waals surface area contributed by atoms with Crippen LogP contribution in [0.4, 0.5) is 5.69 Å². The lowest BCUT2D eigenvalue weighted by molar-refractivity contribution is -0.133. The van der Waals surface area contributed by atoms with Crippen molar-refractivity contribution in [1.82, 2.24) is 20.4 Å². The maximum atomic E-state index is 14.0. The first-order valence-corrected chi connectivity index (χ1v) is 17.3. The molecule has 3 aromatic carbocycles. The van der Waals surface area contributed by atoms with E-state index in [0.29, 0.717) is 61.1 Å². The number of benzene rings is 3. The van der Waals surface area contributed by atoms with Gasteiger partial charge in [0.25, 0.3) is 11.8 Å². The van der Waals surface area contributed by atoms with Gasteiger partial charge in [-0.15, -0.1) is 0 Å². The van der Waals surface area contributed by atoms with Crippen molar-refractivity contribution >= 4 is 46.0 Å². The van der Waals surface area contributed by atoms with Crippen LogP contribution < -0.4 is 25.7 Å². The first-order chi connectivity index (χ1) is 24.1. The van der Waals surface area contributed by atoms with Crippen molar-refractivity contribution in [2.75, 3.05) is 64.9 Å². The van der Waals surface area contributed by atoms with Gasteiger partial charge in [-0.3, -0.25) is 19.2 Å². The number of hydrogen-bond donors (Lipinski definition) is 2. The minimum Gasteiger partial charge on any atom is -0.494 e. The molecule has 0 saturated carbocycles. The maximum Gasteiger partial charge on any atom is 0.287 e. The molecule has 1 aromatic heterocycles. The highest BCUT2D eigenvalue weighted by Gasteiger charge is 2.31. The minimum atomic E-state index is -0.944. The fourth-order valence-electron chi connectivity index (χ4n) is 5.77. The van der Waals surface area contributed by atoms with E-state index >= 15 is 0 Å². The van der Waals surface area contributed by atoms with Crippen LogP contribution in [-0.2, 0) is 11.2 Å². The number of carbonyl (C=O) groups excluding carboxylic acids is 3. The summed E-state index contributed by atoms with van der Waals surface area (Å²) in [6.45, 7) is 5.63. The maximum absolute atomic E-state index is 14.0. The largest absolute Gasteiger partial charge is 0.494 e. The van der Waals surface area contributed by atoms with Crippen molar-refractivity contribution in [3.8, 4) is 5.75 Å². The summed E-state index contributed by atoms with van der Waals surface area (Å²) in [6.07, 6.45) is 2.08. The van der Waals surface area contributed by atoms with Gasteiger partial charge >= 0.3 is 0 Å². The number of para-hydroxylation sites is 1. The van der Waals surface area contributed by atoms with E-state index in [1.54, 1.807) is 41.3 Å². The Balaban J connectivity index is 1.30. The number of hydrogen-bond acceptors (Lipinski definition) is 8. The fourth-order valence-corrected chi connectivity index (χ4v) is 5.90. The number of anilines is 1. The summed E-state index contributed by atoms with van der Waals surface area (Å²) in [4.78, 5) is 59.5. The lowest BCUT2D eigenvalue weighted by Gasteiger charge is -2.38. The van der Waals surface area contributed by atoms with Gasteiger partial charge in [0.2, 0.25) is 5.91 Å². The molecular weight excluding hydrogens is 658 g/mol. The highest BCUT2D eigenvalue weighted by molar-refractivity contribution is 6.30. The quantitative estimate of drug-likeness (QED) is 0.183. The summed E-state index contributed by atoms with van der Waals surface area (Å²) in [6, 6.07) is 19.7. The zero-order chi connectivity index (χ0) is 35.6. The molecule has 4 aromatic rings. The van der Waals surface area contributed by atoms with Gasteiger partial charge in [-0.2, -0.15) is 0 Å². The van der Waals surface area contributed by atoms with Crippen molar-refractivity contribution in [2.24, 2.45) is 0 Å². The summed E-state index contributed by atoms with van der Waals surface area (Å²) < 4.78 is 11.6. The Bertz CT molecular complexity index is 1850. The molecule has 0 unspecified atom stereocenters. The van der Waals surface area contributed by atoms with Crippen LogP contribution in [0, 0.1) is 0 Å². The molecule has 12 heteroatoms. The van der Waals surface area contributed by atoms with Gasteiger partial charge in [-0.1, -0.05) is 49.2 Å². The summed E-state index contributed by atoms with van der Waals surface area (Å²) in [7, 11) is 3.90. The van der Waals surface area contributed by atoms with E-state index < -0.39 is 11.9 Å². The van der Waals surface area contributed by atoms with E-state index in [9.17, 15) is 19.2 Å². The van der Waals surface area contributed by atoms with Gasteiger partial charge in [0.05, 0.1) is 17.6 Å². The second kappa shape index (κ2) is 17.2. The highest BCUT2D eigenvalue weighted by Crippen LogP contribution is 2.23. The topological polar surface area (TPSA) is 124 Å². The van der Waals surface area contributed by atoms with E-state index in [1.807, 2.05) is 49.3 Å². The molecule has 11 nitrogen and oxygen atoms in total. The molecule has 1 atom stereocenters. The highest BCUT2D eigenvalue weighted by atomic mass is 35.5. The lowest BCUT2D eigenvalue weighted by atomic mass is 10.0.